The monoisotopic (exact) mass is 311 g/mol. The van der Waals surface area contributed by atoms with E-state index in [9.17, 15) is 9.18 Å². The third-order valence-corrected chi connectivity index (χ3v) is 3.30. The molecule has 5 heteroatoms. The maximum absolute atomic E-state index is 13.8. The minimum atomic E-state index is -1.01. The van der Waals surface area contributed by atoms with Crippen molar-refractivity contribution in [1.29, 1.82) is 0 Å². The van der Waals surface area contributed by atoms with Gasteiger partial charge < -0.3 is 9.67 Å². The molecule has 0 aliphatic rings. The van der Waals surface area contributed by atoms with Crippen LogP contribution in [0.1, 0.15) is 21.7 Å². The van der Waals surface area contributed by atoms with Gasteiger partial charge in [-0.15, -0.1) is 0 Å². The molecule has 0 aliphatic heterocycles. The standard InChI is InChI=1S/C13H11BrFNO2/c1-7-5-10(13(17)18)8(2)16(7)12-6-9(14)3-4-11(12)15/h3-6H,1-2H3,(H,17,18). The Morgan fingerprint density at radius 2 is 2.00 bits per heavy atom. The van der Waals surface area contributed by atoms with Crippen molar-refractivity contribution in [2.75, 3.05) is 0 Å². The Morgan fingerprint density at radius 3 is 2.56 bits per heavy atom. The number of halogens is 2. The molecule has 1 aromatic heterocycles. The van der Waals surface area contributed by atoms with E-state index in [-0.39, 0.29) is 5.56 Å². The lowest BCUT2D eigenvalue weighted by Gasteiger charge is -2.11. The highest BCUT2D eigenvalue weighted by atomic mass is 79.9. The van der Waals surface area contributed by atoms with E-state index in [4.69, 9.17) is 5.11 Å². The molecule has 0 bridgehead atoms. The number of nitrogens with zero attached hydrogens (tertiary/aromatic N) is 1. The minimum absolute atomic E-state index is 0.187. The second-order valence-electron chi connectivity index (χ2n) is 4.02. The second kappa shape index (κ2) is 4.57. The van der Waals surface area contributed by atoms with E-state index in [2.05, 4.69) is 15.9 Å². The predicted octanol–water partition coefficient (Wildman–Crippen LogP) is 3.69. The van der Waals surface area contributed by atoms with Gasteiger partial charge in [0, 0.05) is 15.9 Å². The normalized spacial score (nSPS) is 10.7. The Bertz CT molecular complexity index is 634. The van der Waals surface area contributed by atoms with Crippen molar-refractivity contribution in [1.82, 2.24) is 4.57 Å². The maximum Gasteiger partial charge on any atom is 0.337 e. The third kappa shape index (κ3) is 2.06. The summed E-state index contributed by atoms with van der Waals surface area (Å²) in [7, 11) is 0. The average molecular weight is 312 g/mol. The van der Waals surface area contributed by atoms with Crippen molar-refractivity contribution in [2.24, 2.45) is 0 Å². The molecule has 1 heterocycles. The van der Waals surface area contributed by atoms with E-state index in [0.29, 0.717) is 17.1 Å². The summed E-state index contributed by atoms with van der Waals surface area (Å²) in [5, 5.41) is 9.06. The Balaban J connectivity index is 2.71. The number of hydrogen-bond acceptors (Lipinski definition) is 1. The van der Waals surface area contributed by atoms with Crippen molar-refractivity contribution < 1.29 is 14.3 Å². The summed E-state index contributed by atoms with van der Waals surface area (Å²) in [4.78, 5) is 11.1. The number of hydrogen-bond donors (Lipinski definition) is 1. The summed E-state index contributed by atoms with van der Waals surface area (Å²) >= 11 is 3.28. The summed E-state index contributed by atoms with van der Waals surface area (Å²) in [6.45, 7) is 3.41. The van der Waals surface area contributed by atoms with Gasteiger partial charge in [0.2, 0.25) is 0 Å². The highest BCUT2D eigenvalue weighted by molar-refractivity contribution is 9.10. The van der Waals surface area contributed by atoms with Crippen LogP contribution in [-0.2, 0) is 0 Å². The minimum Gasteiger partial charge on any atom is -0.478 e. The number of carboxylic acids is 1. The van der Waals surface area contributed by atoms with Crippen molar-refractivity contribution in [3.05, 3.63) is 51.5 Å². The molecule has 0 saturated heterocycles. The highest BCUT2D eigenvalue weighted by Gasteiger charge is 2.17. The van der Waals surface area contributed by atoms with E-state index in [0.717, 1.165) is 4.47 Å². The molecule has 0 radical (unpaired) electrons. The van der Waals surface area contributed by atoms with Gasteiger partial charge in [-0.25, -0.2) is 9.18 Å². The topological polar surface area (TPSA) is 42.2 Å². The molecule has 1 aromatic carbocycles. The van der Waals surface area contributed by atoms with Crippen LogP contribution < -0.4 is 0 Å². The molecule has 0 amide bonds. The van der Waals surface area contributed by atoms with Crippen LogP contribution in [0.5, 0.6) is 0 Å². The lowest BCUT2D eigenvalue weighted by Crippen LogP contribution is -2.04. The lowest BCUT2D eigenvalue weighted by molar-refractivity contribution is 0.0696. The van der Waals surface area contributed by atoms with Gasteiger partial charge in [-0.1, -0.05) is 15.9 Å². The second-order valence-corrected chi connectivity index (χ2v) is 4.94. The molecule has 18 heavy (non-hydrogen) atoms. The molecule has 0 saturated carbocycles. The van der Waals surface area contributed by atoms with Crippen LogP contribution in [-0.4, -0.2) is 15.6 Å². The molecule has 0 unspecified atom stereocenters. The zero-order valence-electron chi connectivity index (χ0n) is 9.87. The molecular formula is C13H11BrFNO2. The Kier molecular flexibility index (Phi) is 3.26. The summed E-state index contributed by atoms with van der Waals surface area (Å²) < 4.78 is 16.2. The largest absolute Gasteiger partial charge is 0.478 e. The van der Waals surface area contributed by atoms with Gasteiger partial charge in [0.25, 0.3) is 0 Å². The fourth-order valence-corrected chi connectivity index (χ4v) is 2.36. The summed E-state index contributed by atoms with van der Waals surface area (Å²) in [5.41, 5.74) is 1.72. The van der Waals surface area contributed by atoms with E-state index in [1.807, 2.05) is 0 Å². The fourth-order valence-electron chi connectivity index (χ4n) is 2.01. The highest BCUT2D eigenvalue weighted by Crippen LogP contribution is 2.25. The zero-order chi connectivity index (χ0) is 13.4. The van der Waals surface area contributed by atoms with Crippen molar-refractivity contribution in [3.63, 3.8) is 0 Å². The van der Waals surface area contributed by atoms with Crippen molar-refractivity contribution in [2.45, 2.75) is 13.8 Å². The third-order valence-electron chi connectivity index (χ3n) is 2.81. The van der Waals surface area contributed by atoms with Crippen LogP contribution in [0.25, 0.3) is 5.69 Å². The zero-order valence-corrected chi connectivity index (χ0v) is 11.5. The molecule has 0 spiro atoms. The lowest BCUT2D eigenvalue weighted by atomic mass is 10.2. The molecule has 1 N–H and O–H groups in total. The number of carbonyl (C=O) groups is 1. The fraction of sp³-hybridized carbons (Fsp3) is 0.154. The Morgan fingerprint density at radius 1 is 1.33 bits per heavy atom. The number of benzene rings is 1. The van der Waals surface area contributed by atoms with Crippen LogP contribution in [0.4, 0.5) is 4.39 Å². The number of aryl methyl sites for hydroxylation is 1. The number of aromatic carboxylic acids is 1. The Hall–Kier alpha value is -1.62. The van der Waals surface area contributed by atoms with Gasteiger partial charge in [-0.05, 0) is 38.1 Å². The molecule has 2 rings (SSSR count). The first-order chi connectivity index (χ1) is 8.41. The van der Waals surface area contributed by atoms with E-state index < -0.39 is 11.8 Å². The molecule has 94 valence electrons. The van der Waals surface area contributed by atoms with Gasteiger partial charge >= 0.3 is 5.97 Å². The van der Waals surface area contributed by atoms with E-state index in [1.54, 1.807) is 30.5 Å². The first-order valence-electron chi connectivity index (χ1n) is 5.29. The SMILES string of the molecule is Cc1cc(C(=O)O)c(C)n1-c1cc(Br)ccc1F. The van der Waals surface area contributed by atoms with Crippen LogP contribution >= 0.6 is 15.9 Å². The van der Waals surface area contributed by atoms with E-state index in [1.165, 1.54) is 12.1 Å². The van der Waals surface area contributed by atoms with Gasteiger partial charge in [0.15, 0.2) is 0 Å². The molecule has 2 aromatic rings. The van der Waals surface area contributed by atoms with Gasteiger partial charge in [0.05, 0.1) is 11.3 Å². The summed E-state index contributed by atoms with van der Waals surface area (Å²) in [6, 6.07) is 6.11. The van der Waals surface area contributed by atoms with Crippen molar-refractivity contribution in [3.8, 4) is 5.69 Å². The average Bonchev–Trinajstić information content (AvgIpc) is 2.58. The van der Waals surface area contributed by atoms with Gasteiger partial charge in [-0.3, -0.25) is 0 Å². The van der Waals surface area contributed by atoms with Crippen LogP contribution in [0, 0.1) is 19.7 Å². The maximum atomic E-state index is 13.8. The summed E-state index contributed by atoms with van der Waals surface area (Å²) in [5.74, 6) is -1.40. The molecule has 0 aliphatic carbocycles. The van der Waals surface area contributed by atoms with Crippen molar-refractivity contribution >= 4 is 21.9 Å². The quantitative estimate of drug-likeness (QED) is 0.919. The number of carboxylic acid groups (broad SMARTS) is 1. The molecular weight excluding hydrogens is 301 g/mol. The molecule has 0 fully saturated rings. The van der Waals surface area contributed by atoms with E-state index >= 15 is 0 Å². The van der Waals surface area contributed by atoms with Crippen LogP contribution in [0.15, 0.2) is 28.7 Å². The first kappa shape index (κ1) is 12.8. The Labute approximate surface area is 112 Å². The predicted molar refractivity (Wildman–Crippen MR) is 69.9 cm³/mol. The smallest absolute Gasteiger partial charge is 0.337 e. The van der Waals surface area contributed by atoms with Gasteiger partial charge in [0.1, 0.15) is 5.82 Å². The summed E-state index contributed by atoms with van der Waals surface area (Å²) in [6.07, 6.45) is 0. The van der Waals surface area contributed by atoms with Crippen LogP contribution in [0.2, 0.25) is 0 Å². The first-order valence-corrected chi connectivity index (χ1v) is 6.08. The molecule has 3 nitrogen and oxygen atoms in total. The van der Waals surface area contributed by atoms with Gasteiger partial charge in [-0.2, -0.15) is 0 Å². The van der Waals surface area contributed by atoms with Crippen LogP contribution in [0.3, 0.4) is 0 Å². The molecule has 0 atom stereocenters. The number of rotatable bonds is 2. The number of aromatic nitrogens is 1.